The molecule has 0 aromatic rings. The Morgan fingerprint density at radius 1 is 1.33 bits per heavy atom. The Hall–Kier alpha value is -0.650. The van der Waals surface area contributed by atoms with E-state index in [1.165, 1.54) is 0 Å². The summed E-state index contributed by atoms with van der Waals surface area (Å²) in [6, 6.07) is 0.263. The number of ether oxygens (including phenoxy) is 1. The van der Waals surface area contributed by atoms with Crippen LogP contribution in [0.15, 0.2) is 0 Å². The number of nitrogens with two attached hydrogens (primary N) is 1. The molecular weight excluding hydrogens is 266 g/mol. The second-order valence-electron chi connectivity index (χ2n) is 6.84. The summed E-state index contributed by atoms with van der Waals surface area (Å²) < 4.78 is 5.70. The molecule has 21 heavy (non-hydrogen) atoms. The molecule has 0 radical (unpaired) electrons. The Labute approximate surface area is 128 Å². The van der Waals surface area contributed by atoms with Crippen molar-refractivity contribution in [2.75, 3.05) is 26.2 Å². The number of nitrogens with one attached hydrogen (secondary N) is 1. The van der Waals surface area contributed by atoms with Crippen molar-refractivity contribution in [1.29, 1.82) is 0 Å². The van der Waals surface area contributed by atoms with Crippen LogP contribution in [0.1, 0.15) is 46.5 Å². The highest BCUT2D eigenvalue weighted by Crippen LogP contribution is 2.40. The molecule has 1 aliphatic heterocycles. The van der Waals surface area contributed by atoms with E-state index >= 15 is 0 Å². The van der Waals surface area contributed by atoms with Crippen LogP contribution in [0.2, 0.25) is 0 Å². The Balaban J connectivity index is 1.97. The van der Waals surface area contributed by atoms with E-state index in [0.29, 0.717) is 12.0 Å². The van der Waals surface area contributed by atoms with Crippen molar-refractivity contribution >= 4 is 5.91 Å². The third kappa shape index (κ3) is 4.18. The molecule has 1 atom stereocenters. The van der Waals surface area contributed by atoms with Crippen LogP contribution in [0.5, 0.6) is 0 Å². The zero-order valence-corrected chi connectivity index (χ0v) is 13.7. The maximum atomic E-state index is 12.2. The number of hydrogen-bond donors (Lipinski definition) is 2. The minimum Gasteiger partial charge on any atom is -0.378 e. The van der Waals surface area contributed by atoms with Crippen LogP contribution in [-0.2, 0) is 9.53 Å². The number of carbonyl (C=O) groups is 1. The number of carbonyl (C=O) groups excluding carboxylic acids is 1. The van der Waals surface area contributed by atoms with Crippen LogP contribution >= 0.6 is 0 Å². The zero-order chi connectivity index (χ0) is 15.5. The molecule has 2 aliphatic rings. The van der Waals surface area contributed by atoms with E-state index in [1.807, 2.05) is 6.92 Å². The summed E-state index contributed by atoms with van der Waals surface area (Å²) in [6.07, 6.45) is 4.70. The minimum atomic E-state index is -0.549. The third-order valence-electron chi connectivity index (χ3n) is 4.67. The van der Waals surface area contributed by atoms with Crippen molar-refractivity contribution in [3.05, 3.63) is 0 Å². The van der Waals surface area contributed by atoms with Crippen molar-refractivity contribution < 1.29 is 9.53 Å². The maximum Gasteiger partial charge on any atom is 0.239 e. The van der Waals surface area contributed by atoms with Gasteiger partial charge in [0.2, 0.25) is 5.91 Å². The maximum absolute atomic E-state index is 12.2. The van der Waals surface area contributed by atoms with Gasteiger partial charge in [-0.2, -0.15) is 0 Å². The highest BCUT2D eigenvalue weighted by atomic mass is 16.5. The first-order valence-corrected chi connectivity index (χ1v) is 8.39. The lowest BCUT2D eigenvalue weighted by Crippen LogP contribution is -2.65. The van der Waals surface area contributed by atoms with E-state index in [9.17, 15) is 4.79 Å². The van der Waals surface area contributed by atoms with Gasteiger partial charge in [-0.1, -0.05) is 0 Å². The summed E-state index contributed by atoms with van der Waals surface area (Å²) in [5, 5.41) is 3.49. The van der Waals surface area contributed by atoms with E-state index in [2.05, 4.69) is 24.1 Å². The minimum absolute atomic E-state index is 0.189. The first-order chi connectivity index (χ1) is 9.98. The van der Waals surface area contributed by atoms with Gasteiger partial charge in [-0.25, -0.2) is 0 Å². The number of amides is 1. The molecule has 5 heteroatoms. The molecular formula is C16H31N3O2. The standard InChI is InChI=1S/C16H31N3O2/c1-4-21-14-7-9-19(10-8-14)11-16(15(17)20,13-5-6-13)18-12(2)3/h12-14,18H,4-11H2,1-3H3,(H2,17,20). The van der Waals surface area contributed by atoms with Crippen LogP contribution in [0.25, 0.3) is 0 Å². The van der Waals surface area contributed by atoms with Gasteiger partial charge < -0.3 is 15.4 Å². The van der Waals surface area contributed by atoms with Gasteiger partial charge in [0.1, 0.15) is 5.54 Å². The van der Waals surface area contributed by atoms with Crippen LogP contribution in [-0.4, -0.2) is 54.7 Å². The average Bonchev–Trinajstić information content (AvgIpc) is 3.24. The van der Waals surface area contributed by atoms with E-state index in [1.54, 1.807) is 0 Å². The molecule has 1 heterocycles. The number of piperidine rings is 1. The average molecular weight is 297 g/mol. The molecule has 1 amide bonds. The van der Waals surface area contributed by atoms with Gasteiger partial charge in [-0.3, -0.25) is 10.1 Å². The number of hydrogen-bond acceptors (Lipinski definition) is 4. The smallest absolute Gasteiger partial charge is 0.239 e. The van der Waals surface area contributed by atoms with Gasteiger partial charge >= 0.3 is 0 Å². The van der Waals surface area contributed by atoms with E-state index in [0.717, 1.165) is 51.9 Å². The van der Waals surface area contributed by atoms with Crippen molar-refractivity contribution in [3.8, 4) is 0 Å². The van der Waals surface area contributed by atoms with Gasteiger partial charge in [0, 0.05) is 32.3 Å². The molecule has 122 valence electrons. The second-order valence-corrected chi connectivity index (χ2v) is 6.84. The van der Waals surface area contributed by atoms with Gasteiger partial charge in [-0.15, -0.1) is 0 Å². The number of primary amides is 1. The molecule has 1 aliphatic carbocycles. The zero-order valence-electron chi connectivity index (χ0n) is 13.7. The molecule has 2 rings (SSSR count). The Kier molecular flexibility index (Phi) is 5.63. The summed E-state index contributed by atoms with van der Waals surface area (Å²) >= 11 is 0. The summed E-state index contributed by atoms with van der Waals surface area (Å²) in [5.41, 5.74) is 5.25. The Bertz CT molecular complexity index is 349. The molecule has 3 N–H and O–H groups in total. The Morgan fingerprint density at radius 3 is 2.38 bits per heavy atom. The molecule has 1 saturated heterocycles. The summed E-state index contributed by atoms with van der Waals surface area (Å²) in [7, 11) is 0. The fraction of sp³-hybridized carbons (Fsp3) is 0.938. The van der Waals surface area contributed by atoms with Crippen molar-refractivity contribution in [2.45, 2.75) is 64.1 Å². The second kappa shape index (κ2) is 7.07. The summed E-state index contributed by atoms with van der Waals surface area (Å²) in [6.45, 7) is 9.72. The van der Waals surface area contributed by atoms with Gasteiger partial charge in [0.05, 0.1) is 6.10 Å². The van der Waals surface area contributed by atoms with Gasteiger partial charge in [0.25, 0.3) is 0 Å². The largest absolute Gasteiger partial charge is 0.378 e. The number of likely N-dealkylation sites (tertiary alicyclic amines) is 1. The quantitative estimate of drug-likeness (QED) is 0.704. The van der Waals surface area contributed by atoms with Gasteiger partial charge in [-0.05, 0) is 52.4 Å². The molecule has 1 saturated carbocycles. The van der Waals surface area contributed by atoms with Gasteiger partial charge in [0.15, 0.2) is 0 Å². The lowest BCUT2D eigenvalue weighted by molar-refractivity contribution is -0.127. The highest BCUT2D eigenvalue weighted by molar-refractivity contribution is 5.86. The van der Waals surface area contributed by atoms with E-state index in [-0.39, 0.29) is 11.9 Å². The van der Waals surface area contributed by atoms with E-state index < -0.39 is 5.54 Å². The lowest BCUT2D eigenvalue weighted by Gasteiger charge is -2.41. The van der Waals surface area contributed by atoms with E-state index in [4.69, 9.17) is 10.5 Å². The normalized spacial score (nSPS) is 24.2. The first kappa shape index (κ1) is 16.7. The van der Waals surface area contributed by atoms with Crippen LogP contribution in [0, 0.1) is 5.92 Å². The monoisotopic (exact) mass is 297 g/mol. The predicted molar refractivity (Wildman–Crippen MR) is 84.0 cm³/mol. The van der Waals surface area contributed by atoms with Crippen molar-refractivity contribution in [3.63, 3.8) is 0 Å². The first-order valence-electron chi connectivity index (χ1n) is 8.39. The van der Waals surface area contributed by atoms with Crippen molar-refractivity contribution in [2.24, 2.45) is 11.7 Å². The lowest BCUT2D eigenvalue weighted by atomic mass is 9.89. The molecule has 0 spiro atoms. The van der Waals surface area contributed by atoms with Crippen LogP contribution in [0.4, 0.5) is 0 Å². The SMILES string of the molecule is CCOC1CCN(CC(NC(C)C)(C(N)=O)C2CC2)CC1. The van der Waals surface area contributed by atoms with Crippen molar-refractivity contribution in [1.82, 2.24) is 10.2 Å². The van der Waals surface area contributed by atoms with Crippen LogP contribution in [0.3, 0.4) is 0 Å². The molecule has 0 aromatic heterocycles. The molecule has 5 nitrogen and oxygen atoms in total. The molecule has 0 aromatic carbocycles. The predicted octanol–water partition coefficient (Wildman–Crippen LogP) is 1.12. The fourth-order valence-electron chi connectivity index (χ4n) is 3.56. The number of rotatable bonds is 8. The Morgan fingerprint density at radius 2 is 1.95 bits per heavy atom. The summed E-state index contributed by atoms with van der Waals surface area (Å²) in [5.74, 6) is 0.215. The van der Waals surface area contributed by atoms with Crippen LogP contribution < -0.4 is 11.1 Å². The third-order valence-corrected chi connectivity index (χ3v) is 4.67. The topological polar surface area (TPSA) is 67.6 Å². The molecule has 0 bridgehead atoms. The highest BCUT2D eigenvalue weighted by Gasteiger charge is 2.51. The number of nitrogens with zero attached hydrogens (tertiary/aromatic N) is 1. The fourth-order valence-corrected chi connectivity index (χ4v) is 3.56. The summed E-state index contributed by atoms with van der Waals surface area (Å²) in [4.78, 5) is 14.6. The molecule has 1 unspecified atom stereocenters. The molecule has 2 fully saturated rings.